The zero-order chi connectivity index (χ0) is 24.9. The zero-order valence-corrected chi connectivity index (χ0v) is 19.7. The van der Waals surface area contributed by atoms with E-state index in [1.165, 1.54) is 28.4 Å². The number of nitrogens with two attached hydrogens (primary N) is 1. The van der Waals surface area contributed by atoms with Crippen LogP contribution in [0.2, 0.25) is 0 Å². The number of hydrogen-bond acceptors (Lipinski definition) is 7. The maximum Gasteiger partial charge on any atom is 0.343 e. The highest BCUT2D eigenvalue weighted by molar-refractivity contribution is 7.13. The van der Waals surface area contributed by atoms with Gasteiger partial charge in [0.2, 0.25) is 11.8 Å². The predicted octanol–water partition coefficient (Wildman–Crippen LogP) is 4.29. The molecule has 1 spiro atoms. The van der Waals surface area contributed by atoms with Gasteiger partial charge in [0, 0.05) is 16.1 Å². The molecule has 2 N–H and O–H groups in total. The summed E-state index contributed by atoms with van der Waals surface area (Å²) in [4.78, 5) is 29.6. The average Bonchev–Trinajstić information content (AvgIpc) is 3.28. The number of carbonyl (C=O) groups is 2. The van der Waals surface area contributed by atoms with Crippen molar-refractivity contribution in [1.82, 2.24) is 0 Å². The molecule has 3 heterocycles. The number of fused-ring (bicyclic) bond motifs is 4. The van der Waals surface area contributed by atoms with Crippen LogP contribution in [0, 0.1) is 24.1 Å². The summed E-state index contributed by atoms with van der Waals surface area (Å²) < 4.78 is 24.9. The van der Waals surface area contributed by atoms with Gasteiger partial charge in [-0.3, -0.25) is 4.79 Å². The molecule has 1 amide bonds. The highest BCUT2D eigenvalue weighted by atomic mass is 32.1. The van der Waals surface area contributed by atoms with Gasteiger partial charge in [-0.05, 0) is 37.6 Å². The number of carbonyl (C=O) groups excluding carboxylic acids is 2. The molecule has 3 aromatic rings. The van der Waals surface area contributed by atoms with E-state index in [0.717, 1.165) is 0 Å². The number of anilines is 1. The Bertz CT molecular complexity index is 1470. The number of hydrogen-bond donors (Lipinski definition) is 1. The lowest BCUT2D eigenvalue weighted by Crippen LogP contribution is -2.45. The molecule has 7 nitrogen and oxygen atoms in total. The fourth-order valence-electron chi connectivity index (χ4n) is 4.80. The van der Waals surface area contributed by atoms with Gasteiger partial charge in [0.05, 0.1) is 18.0 Å². The maximum atomic E-state index is 14.3. The maximum absolute atomic E-state index is 14.3. The fourth-order valence-corrected chi connectivity index (χ4v) is 6.07. The summed E-state index contributed by atoms with van der Waals surface area (Å²) in [6.07, 6.45) is 0. The second-order valence-corrected chi connectivity index (χ2v) is 9.38. The van der Waals surface area contributed by atoms with Crippen LogP contribution >= 0.6 is 11.3 Å². The van der Waals surface area contributed by atoms with Gasteiger partial charge in [-0.1, -0.05) is 30.3 Å². The topological polar surface area (TPSA) is 106 Å². The summed E-state index contributed by atoms with van der Waals surface area (Å²) in [7, 11) is 0. The minimum Gasteiger partial charge on any atom is -0.462 e. The van der Waals surface area contributed by atoms with Crippen molar-refractivity contribution in [3.8, 4) is 11.8 Å². The van der Waals surface area contributed by atoms with E-state index in [1.807, 2.05) is 0 Å². The van der Waals surface area contributed by atoms with Crippen LogP contribution in [-0.4, -0.2) is 18.5 Å². The first-order valence-corrected chi connectivity index (χ1v) is 11.7. The van der Waals surface area contributed by atoms with E-state index < -0.39 is 23.1 Å². The van der Waals surface area contributed by atoms with E-state index in [1.54, 1.807) is 50.2 Å². The van der Waals surface area contributed by atoms with E-state index in [4.69, 9.17) is 15.2 Å². The Morgan fingerprint density at radius 2 is 2.06 bits per heavy atom. The smallest absolute Gasteiger partial charge is 0.343 e. The van der Waals surface area contributed by atoms with Gasteiger partial charge in [-0.15, -0.1) is 11.3 Å². The van der Waals surface area contributed by atoms with Crippen LogP contribution in [0.15, 0.2) is 60.0 Å². The summed E-state index contributed by atoms with van der Waals surface area (Å²) in [6, 6.07) is 15.2. The van der Waals surface area contributed by atoms with Crippen LogP contribution < -0.4 is 15.4 Å². The van der Waals surface area contributed by atoms with Gasteiger partial charge in [0.25, 0.3) is 0 Å². The van der Waals surface area contributed by atoms with Crippen molar-refractivity contribution >= 4 is 28.9 Å². The quantitative estimate of drug-likeness (QED) is 0.548. The Hall–Kier alpha value is -4.16. The van der Waals surface area contributed by atoms with E-state index in [-0.39, 0.29) is 35.9 Å². The number of rotatable bonds is 4. The Morgan fingerprint density at radius 3 is 2.77 bits per heavy atom. The van der Waals surface area contributed by atoms with Crippen molar-refractivity contribution < 1.29 is 23.5 Å². The normalized spacial score (nSPS) is 18.2. The Morgan fingerprint density at radius 1 is 1.29 bits per heavy atom. The number of nitriles is 1. The van der Waals surface area contributed by atoms with Gasteiger partial charge in [0.15, 0.2) is 11.2 Å². The number of para-hydroxylation sites is 1. The van der Waals surface area contributed by atoms with Crippen LogP contribution in [-0.2, 0) is 21.5 Å². The third kappa shape index (κ3) is 3.14. The molecule has 1 aromatic heterocycles. The van der Waals surface area contributed by atoms with Crippen molar-refractivity contribution in [2.45, 2.75) is 25.8 Å². The molecule has 9 heteroatoms. The van der Waals surface area contributed by atoms with Crippen molar-refractivity contribution in [3.05, 3.63) is 92.2 Å². The standard InChI is InChI=1S/C26H20FN3O4S/c1-3-33-24(31)20-14(2)35-22-21(20)34-23(29)18(12-28)26(22)17-9-4-5-10-19(17)30(25(26)32)13-15-7-6-8-16(27)11-15/h4-11H,3,13,29H2,1-2H3/t26-/m1/s1. The largest absolute Gasteiger partial charge is 0.462 e. The molecule has 1 atom stereocenters. The molecule has 35 heavy (non-hydrogen) atoms. The third-order valence-corrected chi connectivity index (χ3v) is 7.41. The first-order valence-electron chi connectivity index (χ1n) is 10.9. The van der Waals surface area contributed by atoms with Crippen LogP contribution in [0.5, 0.6) is 5.75 Å². The molecular weight excluding hydrogens is 469 g/mol. The lowest BCUT2D eigenvalue weighted by Gasteiger charge is -2.32. The highest BCUT2D eigenvalue weighted by Gasteiger charge is 2.60. The molecule has 176 valence electrons. The number of aryl methyl sites for hydroxylation is 1. The molecule has 5 rings (SSSR count). The van der Waals surface area contributed by atoms with Crippen molar-refractivity contribution in [2.24, 2.45) is 5.73 Å². The Kier molecular flexibility index (Phi) is 5.33. The lowest BCUT2D eigenvalue weighted by molar-refractivity contribution is -0.121. The molecule has 0 fully saturated rings. The van der Waals surface area contributed by atoms with E-state index >= 15 is 0 Å². The molecule has 2 aliphatic rings. The molecular formula is C26H20FN3O4S. The van der Waals surface area contributed by atoms with Crippen LogP contribution in [0.25, 0.3) is 0 Å². The second kappa shape index (κ2) is 8.25. The first kappa shape index (κ1) is 22.6. The molecule has 0 saturated heterocycles. The number of esters is 1. The SMILES string of the molecule is CCOC(=O)c1c(C)sc2c1OC(N)=C(C#N)[C@@]21C(=O)N(Cc2cccc(F)c2)c2ccccc21. The molecule has 2 aliphatic heterocycles. The Balaban J connectivity index is 1.77. The average molecular weight is 490 g/mol. The van der Waals surface area contributed by atoms with Crippen LogP contribution in [0.1, 0.15) is 38.2 Å². The summed E-state index contributed by atoms with van der Waals surface area (Å²) in [6.45, 7) is 3.66. The Labute approximate surface area is 204 Å². The zero-order valence-electron chi connectivity index (χ0n) is 18.9. The molecule has 2 aromatic carbocycles. The fraction of sp³-hybridized carbons (Fsp3) is 0.192. The number of benzene rings is 2. The monoisotopic (exact) mass is 489 g/mol. The summed E-state index contributed by atoms with van der Waals surface area (Å²) in [5.74, 6) is -1.57. The minimum absolute atomic E-state index is 0.0548. The van der Waals surface area contributed by atoms with E-state index in [0.29, 0.717) is 26.6 Å². The second-order valence-electron chi connectivity index (χ2n) is 8.15. The molecule has 0 aliphatic carbocycles. The van der Waals surface area contributed by atoms with Gasteiger partial charge >= 0.3 is 5.97 Å². The lowest BCUT2D eigenvalue weighted by atomic mass is 9.72. The van der Waals surface area contributed by atoms with E-state index in [2.05, 4.69) is 6.07 Å². The number of halogens is 1. The third-order valence-electron chi connectivity index (χ3n) is 6.20. The van der Waals surface area contributed by atoms with E-state index in [9.17, 15) is 19.2 Å². The van der Waals surface area contributed by atoms with Gasteiger partial charge in [-0.2, -0.15) is 5.26 Å². The van der Waals surface area contributed by atoms with Crippen molar-refractivity contribution in [3.63, 3.8) is 0 Å². The molecule has 0 radical (unpaired) electrons. The van der Waals surface area contributed by atoms with Crippen molar-refractivity contribution in [1.29, 1.82) is 5.26 Å². The number of nitrogens with zero attached hydrogens (tertiary/aromatic N) is 2. The van der Waals surface area contributed by atoms with Crippen molar-refractivity contribution in [2.75, 3.05) is 11.5 Å². The van der Waals surface area contributed by atoms with Gasteiger partial charge < -0.3 is 20.1 Å². The summed E-state index contributed by atoms with van der Waals surface area (Å²) in [5.41, 5.74) is 6.44. The first-order chi connectivity index (χ1) is 16.8. The molecule has 0 saturated carbocycles. The summed E-state index contributed by atoms with van der Waals surface area (Å²) in [5, 5.41) is 10.2. The highest BCUT2D eigenvalue weighted by Crippen LogP contribution is 2.58. The minimum atomic E-state index is -1.60. The number of thiophene rings is 1. The van der Waals surface area contributed by atoms with Gasteiger partial charge in [0.1, 0.15) is 23.0 Å². The van der Waals surface area contributed by atoms with Gasteiger partial charge in [-0.25, -0.2) is 9.18 Å². The molecule has 0 unspecified atom stereocenters. The molecule has 0 bridgehead atoms. The predicted molar refractivity (Wildman–Crippen MR) is 127 cm³/mol. The van der Waals surface area contributed by atoms with Crippen LogP contribution in [0.4, 0.5) is 10.1 Å². The number of ether oxygens (including phenoxy) is 2. The summed E-state index contributed by atoms with van der Waals surface area (Å²) >= 11 is 1.19. The van der Waals surface area contributed by atoms with Crippen LogP contribution in [0.3, 0.4) is 0 Å². The number of amides is 1.